The highest BCUT2D eigenvalue weighted by Crippen LogP contribution is 2.21. The zero-order valence-electron chi connectivity index (χ0n) is 11.0. The largest absolute Gasteiger partial charge is 0.293 e. The zero-order valence-corrected chi connectivity index (χ0v) is 11.0. The molecule has 0 unspecified atom stereocenters. The normalized spacial score (nSPS) is 12.6. The highest BCUT2D eigenvalue weighted by atomic mass is 16.1. The van der Waals surface area contributed by atoms with Gasteiger partial charge in [0.2, 0.25) is 0 Å². The van der Waals surface area contributed by atoms with Crippen LogP contribution in [0.1, 0.15) is 51.9 Å². The minimum absolute atomic E-state index is 0.0157. The molecule has 2 aromatic heterocycles. The molecule has 92 valence electrons. The van der Waals surface area contributed by atoms with E-state index in [2.05, 4.69) is 30.9 Å². The van der Waals surface area contributed by atoms with Gasteiger partial charge in [-0.1, -0.05) is 34.6 Å². The van der Waals surface area contributed by atoms with Gasteiger partial charge in [0.05, 0.1) is 5.69 Å². The molecule has 0 aromatic carbocycles. The zero-order chi connectivity index (χ0) is 12.8. The van der Waals surface area contributed by atoms with Crippen LogP contribution >= 0.6 is 0 Å². The van der Waals surface area contributed by atoms with Gasteiger partial charge in [-0.2, -0.15) is 0 Å². The monoisotopic (exact) mass is 233 g/mol. The van der Waals surface area contributed by atoms with Crippen LogP contribution < -0.4 is 5.56 Å². The lowest BCUT2D eigenvalue weighted by molar-refractivity contribution is 0.561. The van der Waals surface area contributed by atoms with Crippen molar-refractivity contribution >= 4 is 5.65 Å². The van der Waals surface area contributed by atoms with Crippen molar-refractivity contribution < 1.29 is 0 Å². The fourth-order valence-corrected chi connectivity index (χ4v) is 1.69. The van der Waals surface area contributed by atoms with Crippen molar-refractivity contribution in [2.45, 2.75) is 46.0 Å². The number of aromatic nitrogens is 3. The molecule has 0 aliphatic rings. The maximum Gasteiger partial charge on any atom is 0.272 e. The van der Waals surface area contributed by atoms with Crippen LogP contribution in [0, 0.1) is 0 Å². The molecule has 0 aliphatic carbocycles. The first-order valence-corrected chi connectivity index (χ1v) is 5.92. The first-order valence-electron chi connectivity index (χ1n) is 5.92. The number of aromatic amines is 1. The third-order valence-corrected chi connectivity index (χ3v) is 2.87. The Balaban J connectivity index is 2.70. The molecule has 0 fully saturated rings. The van der Waals surface area contributed by atoms with Gasteiger partial charge in [0.25, 0.3) is 5.56 Å². The highest BCUT2D eigenvalue weighted by Gasteiger charge is 2.18. The Morgan fingerprint density at radius 2 is 1.94 bits per heavy atom. The van der Waals surface area contributed by atoms with Crippen molar-refractivity contribution in [2.24, 2.45) is 0 Å². The Morgan fingerprint density at radius 1 is 1.29 bits per heavy atom. The van der Waals surface area contributed by atoms with Crippen molar-refractivity contribution in [1.29, 1.82) is 0 Å². The molecule has 0 saturated carbocycles. The second-order valence-corrected chi connectivity index (χ2v) is 5.79. The van der Waals surface area contributed by atoms with Gasteiger partial charge in [-0.05, 0) is 5.92 Å². The first kappa shape index (κ1) is 11.9. The van der Waals surface area contributed by atoms with Crippen LogP contribution in [-0.2, 0) is 5.41 Å². The molecule has 2 aromatic rings. The molecule has 0 aliphatic heterocycles. The van der Waals surface area contributed by atoms with Crippen molar-refractivity contribution in [1.82, 2.24) is 14.6 Å². The third-order valence-electron chi connectivity index (χ3n) is 2.87. The Kier molecular flexibility index (Phi) is 2.60. The summed E-state index contributed by atoms with van der Waals surface area (Å²) in [6.07, 6.45) is 0. The lowest BCUT2D eigenvalue weighted by Gasteiger charge is -2.14. The van der Waals surface area contributed by atoms with E-state index in [9.17, 15) is 4.79 Å². The van der Waals surface area contributed by atoms with Crippen LogP contribution in [0.2, 0.25) is 0 Å². The molecule has 0 spiro atoms. The molecular weight excluding hydrogens is 214 g/mol. The van der Waals surface area contributed by atoms with E-state index < -0.39 is 0 Å². The minimum Gasteiger partial charge on any atom is -0.293 e. The van der Waals surface area contributed by atoms with Gasteiger partial charge >= 0.3 is 0 Å². The van der Waals surface area contributed by atoms with Crippen LogP contribution in [0.3, 0.4) is 0 Å². The summed E-state index contributed by atoms with van der Waals surface area (Å²) in [5.74, 6) is 0.265. The summed E-state index contributed by atoms with van der Waals surface area (Å²) in [5.41, 5.74) is 2.50. The predicted octanol–water partition coefficient (Wildman–Crippen LogP) is 2.44. The first-order chi connectivity index (χ1) is 7.79. The van der Waals surface area contributed by atoms with Crippen molar-refractivity contribution in [3.8, 4) is 0 Å². The van der Waals surface area contributed by atoms with E-state index in [-0.39, 0.29) is 16.9 Å². The highest BCUT2D eigenvalue weighted by molar-refractivity contribution is 5.41. The Bertz CT molecular complexity index is 599. The summed E-state index contributed by atoms with van der Waals surface area (Å²) in [4.78, 5) is 16.4. The number of hydrogen-bond acceptors (Lipinski definition) is 2. The second kappa shape index (κ2) is 3.72. The van der Waals surface area contributed by atoms with Gasteiger partial charge in [-0.15, -0.1) is 0 Å². The van der Waals surface area contributed by atoms with Crippen LogP contribution in [0.25, 0.3) is 5.65 Å². The number of hydrogen-bond donors (Lipinski definition) is 1. The number of rotatable bonds is 1. The Hall–Kier alpha value is -1.58. The van der Waals surface area contributed by atoms with Gasteiger partial charge in [-0.3, -0.25) is 9.89 Å². The molecule has 2 heterocycles. The molecule has 4 nitrogen and oxygen atoms in total. The fourth-order valence-electron chi connectivity index (χ4n) is 1.69. The van der Waals surface area contributed by atoms with Crippen molar-refractivity contribution in [3.63, 3.8) is 0 Å². The molecule has 17 heavy (non-hydrogen) atoms. The van der Waals surface area contributed by atoms with Crippen LogP contribution in [0.15, 0.2) is 16.9 Å². The van der Waals surface area contributed by atoms with E-state index in [0.29, 0.717) is 5.65 Å². The van der Waals surface area contributed by atoms with Gasteiger partial charge in [0.1, 0.15) is 0 Å². The van der Waals surface area contributed by atoms with Crippen molar-refractivity contribution in [2.75, 3.05) is 0 Å². The summed E-state index contributed by atoms with van der Waals surface area (Å²) < 4.78 is 1.51. The predicted molar refractivity (Wildman–Crippen MR) is 68.6 cm³/mol. The van der Waals surface area contributed by atoms with E-state index in [1.807, 2.05) is 19.9 Å². The third kappa shape index (κ3) is 2.12. The van der Waals surface area contributed by atoms with Crippen LogP contribution in [0.4, 0.5) is 0 Å². The summed E-state index contributed by atoms with van der Waals surface area (Å²) >= 11 is 0. The summed E-state index contributed by atoms with van der Waals surface area (Å²) in [6.45, 7) is 10.4. The quantitative estimate of drug-likeness (QED) is 0.822. The SMILES string of the molecule is CC(C)c1cc(=O)n2[nH]c(C(C)(C)C)cc2n1. The fraction of sp³-hybridized carbons (Fsp3) is 0.538. The summed E-state index contributed by atoms with van der Waals surface area (Å²) in [6, 6.07) is 3.55. The molecule has 0 saturated heterocycles. The average Bonchev–Trinajstić information content (AvgIpc) is 2.60. The number of H-pyrrole nitrogens is 1. The second-order valence-electron chi connectivity index (χ2n) is 5.79. The minimum atomic E-state index is -0.0470. The molecule has 4 heteroatoms. The van der Waals surface area contributed by atoms with Crippen LogP contribution in [0.5, 0.6) is 0 Å². The van der Waals surface area contributed by atoms with Gasteiger partial charge in [-0.25, -0.2) is 9.50 Å². The number of nitrogens with one attached hydrogen (secondary N) is 1. The summed E-state index contributed by atoms with van der Waals surface area (Å²) in [7, 11) is 0. The molecule has 0 bridgehead atoms. The lowest BCUT2D eigenvalue weighted by Crippen LogP contribution is -2.17. The molecule has 0 atom stereocenters. The van der Waals surface area contributed by atoms with E-state index in [0.717, 1.165) is 11.4 Å². The van der Waals surface area contributed by atoms with Crippen molar-refractivity contribution in [3.05, 3.63) is 33.9 Å². The maximum atomic E-state index is 11.9. The average molecular weight is 233 g/mol. The number of nitrogens with zero attached hydrogens (tertiary/aromatic N) is 2. The van der Waals surface area contributed by atoms with E-state index in [1.54, 1.807) is 6.07 Å². The molecular formula is C13H19N3O. The maximum absolute atomic E-state index is 11.9. The van der Waals surface area contributed by atoms with Crippen LogP contribution in [-0.4, -0.2) is 14.6 Å². The van der Waals surface area contributed by atoms with E-state index in [4.69, 9.17) is 0 Å². The molecule has 2 rings (SSSR count). The molecule has 1 N–H and O–H groups in total. The standard InChI is InChI=1S/C13H19N3O/c1-8(2)9-6-12(17)16-11(14-9)7-10(15-16)13(3,4)5/h6-8,15H,1-5H3. The van der Waals surface area contributed by atoms with Gasteiger partial charge < -0.3 is 0 Å². The smallest absolute Gasteiger partial charge is 0.272 e. The van der Waals surface area contributed by atoms with Gasteiger partial charge in [0.15, 0.2) is 5.65 Å². The summed E-state index contributed by atoms with van der Waals surface area (Å²) in [5, 5.41) is 3.11. The Morgan fingerprint density at radius 3 is 2.47 bits per heavy atom. The lowest BCUT2D eigenvalue weighted by atomic mass is 9.93. The van der Waals surface area contributed by atoms with E-state index in [1.165, 1.54) is 4.52 Å². The van der Waals surface area contributed by atoms with Gasteiger partial charge in [0, 0.05) is 23.2 Å². The topological polar surface area (TPSA) is 50.2 Å². The molecule has 0 amide bonds. The van der Waals surface area contributed by atoms with E-state index >= 15 is 0 Å². The number of fused-ring (bicyclic) bond motifs is 1. The molecule has 0 radical (unpaired) electrons. The Labute approximate surface area is 101 Å².